The van der Waals surface area contributed by atoms with Crippen LogP contribution in [0.3, 0.4) is 0 Å². The first kappa shape index (κ1) is 14.8. The van der Waals surface area contributed by atoms with Crippen LogP contribution in [0.15, 0.2) is 52.2 Å². The number of nitrogens with one attached hydrogen (secondary N) is 3. The minimum Gasteiger partial charge on any atom is -0.459 e. The largest absolute Gasteiger partial charge is 0.459 e. The first-order valence-electron chi connectivity index (χ1n) is 6.13. The molecule has 0 radical (unpaired) electrons. The van der Waals surface area contributed by atoms with Gasteiger partial charge in [0.05, 0.1) is 12.0 Å². The van der Waals surface area contributed by atoms with Gasteiger partial charge in [-0.05, 0) is 30.3 Å². The van der Waals surface area contributed by atoms with E-state index in [1.807, 2.05) is 0 Å². The van der Waals surface area contributed by atoms with Gasteiger partial charge in [0.1, 0.15) is 6.07 Å². The van der Waals surface area contributed by atoms with E-state index in [-0.39, 0.29) is 17.4 Å². The van der Waals surface area contributed by atoms with E-state index in [0.717, 1.165) is 0 Å². The van der Waals surface area contributed by atoms with Crippen molar-refractivity contribution in [1.82, 2.24) is 0 Å². The quantitative estimate of drug-likeness (QED) is 0.378. The van der Waals surface area contributed by atoms with Gasteiger partial charge in [-0.2, -0.15) is 10.4 Å². The summed E-state index contributed by atoms with van der Waals surface area (Å²) in [7, 11) is 0. The van der Waals surface area contributed by atoms with E-state index in [0.29, 0.717) is 11.4 Å². The third-order valence-corrected chi connectivity index (χ3v) is 2.52. The van der Waals surface area contributed by atoms with Crippen molar-refractivity contribution in [2.24, 2.45) is 10.8 Å². The molecule has 5 N–H and O–H groups in total. The zero-order valence-corrected chi connectivity index (χ0v) is 11.3. The highest BCUT2D eigenvalue weighted by molar-refractivity contribution is 6.45. The van der Waals surface area contributed by atoms with Crippen LogP contribution in [0.1, 0.15) is 10.6 Å². The van der Waals surface area contributed by atoms with Gasteiger partial charge in [0.2, 0.25) is 5.71 Å². The lowest BCUT2D eigenvalue weighted by atomic mass is 10.2. The Hall–Kier alpha value is -3.60. The highest BCUT2D eigenvalue weighted by Crippen LogP contribution is 2.16. The van der Waals surface area contributed by atoms with Crippen LogP contribution in [0.2, 0.25) is 0 Å². The maximum atomic E-state index is 11.8. The summed E-state index contributed by atoms with van der Waals surface area (Å²) < 4.78 is 4.99. The summed E-state index contributed by atoms with van der Waals surface area (Å²) in [5.74, 6) is -0.621. The van der Waals surface area contributed by atoms with Crippen molar-refractivity contribution < 1.29 is 9.21 Å². The lowest BCUT2D eigenvalue weighted by molar-refractivity contribution is 0.0996. The molecule has 8 heteroatoms. The molecule has 0 spiro atoms. The van der Waals surface area contributed by atoms with E-state index in [2.05, 4.69) is 15.8 Å². The number of nitriles is 1. The topological polar surface area (TPSA) is 140 Å². The number of carbonyl (C=O) groups is 1. The van der Waals surface area contributed by atoms with Gasteiger partial charge in [0.15, 0.2) is 11.6 Å². The molecule has 8 nitrogen and oxygen atoms in total. The minimum atomic E-state index is -0.433. The van der Waals surface area contributed by atoms with E-state index in [4.69, 9.17) is 20.8 Å². The Kier molecular flexibility index (Phi) is 4.52. The van der Waals surface area contributed by atoms with Gasteiger partial charge >= 0.3 is 0 Å². The summed E-state index contributed by atoms with van der Waals surface area (Å²) in [6.07, 6.45) is 1.41. The second-order valence-corrected chi connectivity index (χ2v) is 4.11. The Balaban J connectivity index is 2.09. The average Bonchev–Trinajstić information content (AvgIpc) is 3.02. The molecule has 2 aromatic rings. The zero-order valence-electron chi connectivity index (χ0n) is 11.3. The number of carbonyl (C=O) groups excluding carboxylic acids is 1. The fourth-order valence-corrected chi connectivity index (χ4v) is 1.53. The summed E-state index contributed by atoms with van der Waals surface area (Å²) in [5.41, 5.74) is 8.58. The molecule has 0 aliphatic rings. The molecule has 1 aromatic carbocycles. The third kappa shape index (κ3) is 3.71. The first-order chi connectivity index (χ1) is 10.6. The molecule has 0 bridgehead atoms. The maximum absolute atomic E-state index is 11.8. The van der Waals surface area contributed by atoms with Crippen LogP contribution in [0.25, 0.3) is 0 Å². The molecule has 0 unspecified atom stereocenters. The number of hydrogen-bond donors (Lipinski definition) is 4. The lowest BCUT2D eigenvalue weighted by Crippen LogP contribution is -2.21. The van der Waals surface area contributed by atoms with E-state index in [9.17, 15) is 4.79 Å². The van der Waals surface area contributed by atoms with Crippen molar-refractivity contribution >= 4 is 28.8 Å². The smallest absolute Gasteiger partial charge is 0.291 e. The monoisotopic (exact) mass is 296 g/mol. The van der Waals surface area contributed by atoms with E-state index in [1.54, 1.807) is 42.5 Å². The summed E-state index contributed by atoms with van der Waals surface area (Å²) in [5, 5.41) is 22.3. The predicted molar refractivity (Wildman–Crippen MR) is 81.7 cm³/mol. The highest BCUT2D eigenvalue weighted by atomic mass is 16.3. The molecule has 1 amide bonds. The molecule has 0 atom stereocenters. The normalized spacial score (nSPS) is 10.6. The van der Waals surface area contributed by atoms with Crippen LogP contribution in [0.4, 0.5) is 11.4 Å². The van der Waals surface area contributed by atoms with Gasteiger partial charge in [0, 0.05) is 5.69 Å². The van der Waals surface area contributed by atoms with Crippen molar-refractivity contribution in [2.75, 3.05) is 10.7 Å². The number of nitrogens with two attached hydrogens (primary N) is 1. The Morgan fingerprint density at radius 3 is 2.73 bits per heavy atom. The van der Waals surface area contributed by atoms with Gasteiger partial charge in [-0.1, -0.05) is 6.07 Å². The van der Waals surface area contributed by atoms with Crippen LogP contribution in [0.5, 0.6) is 0 Å². The molecule has 110 valence electrons. The molecule has 22 heavy (non-hydrogen) atoms. The van der Waals surface area contributed by atoms with E-state index >= 15 is 0 Å². The zero-order chi connectivity index (χ0) is 15.9. The van der Waals surface area contributed by atoms with Crippen LogP contribution in [-0.4, -0.2) is 17.5 Å². The molecule has 0 aliphatic carbocycles. The number of anilines is 2. The Morgan fingerprint density at radius 1 is 1.32 bits per heavy atom. The van der Waals surface area contributed by atoms with Crippen LogP contribution in [0, 0.1) is 16.7 Å². The molecule has 0 saturated carbocycles. The van der Waals surface area contributed by atoms with Crippen molar-refractivity contribution in [3.63, 3.8) is 0 Å². The molecule has 2 rings (SSSR count). The number of hydrazone groups is 1. The predicted octanol–water partition coefficient (Wildman–Crippen LogP) is 1.76. The SMILES string of the molecule is N#C/C(=N\Nc1cccc(NC(=O)c2ccco2)c1)C(=N)N. The number of furan rings is 1. The second-order valence-electron chi connectivity index (χ2n) is 4.11. The first-order valence-corrected chi connectivity index (χ1v) is 6.13. The number of benzene rings is 1. The van der Waals surface area contributed by atoms with E-state index < -0.39 is 5.84 Å². The molecule has 1 heterocycles. The molecule has 1 aromatic heterocycles. The highest BCUT2D eigenvalue weighted by Gasteiger charge is 2.08. The van der Waals surface area contributed by atoms with Crippen molar-refractivity contribution in [3.8, 4) is 6.07 Å². The Bertz CT molecular complexity index is 758. The fourth-order valence-electron chi connectivity index (χ4n) is 1.53. The van der Waals surface area contributed by atoms with E-state index in [1.165, 1.54) is 6.26 Å². The molecular formula is C14H12N6O2. The van der Waals surface area contributed by atoms with Gasteiger partial charge in [-0.25, -0.2) is 0 Å². The van der Waals surface area contributed by atoms with Gasteiger partial charge in [0.25, 0.3) is 5.91 Å². The number of nitrogens with zero attached hydrogens (tertiary/aromatic N) is 2. The number of rotatable bonds is 5. The number of hydrogen-bond acceptors (Lipinski definition) is 6. The van der Waals surface area contributed by atoms with Gasteiger partial charge < -0.3 is 15.5 Å². The van der Waals surface area contributed by atoms with Crippen molar-refractivity contribution in [3.05, 3.63) is 48.4 Å². The maximum Gasteiger partial charge on any atom is 0.291 e. The molecule has 0 fully saturated rings. The summed E-state index contributed by atoms with van der Waals surface area (Å²) in [6, 6.07) is 11.5. The average molecular weight is 296 g/mol. The lowest BCUT2D eigenvalue weighted by Gasteiger charge is -2.06. The third-order valence-electron chi connectivity index (χ3n) is 2.52. The van der Waals surface area contributed by atoms with Crippen LogP contribution >= 0.6 is 0 Å². The Morgan fingerprint density at radius 2 is 2.09 bits per heavy atom. The number of amides is 1. The second kappa shape index (κ2) is 6.71. The van der Waals surface area contributed by atoms with Gasteiger partial charge in [-0.3, -0.25) is 15.6 Å². The van der Waals surface area contributed by atoms with Crippen LogP contribution in [-0.2, 0) is 0 Å². The minimum absolute atomic E-state index is 0.194. The number of amidine groups is 1. The van der Waals surface area contributed by atoms with Crippen molar-refractivity contribution in [2.45, 2.75) is 0 Å². The summed E-state index contributed by atoms with van der Waals surface area (Å²) >= 11 is 0. The fraction of sp³-hybridized carbons (Fsp3) is 0. The van der Waals surface area contributed by atoms with Gasteiger partial charge in [-0.15, -0.1) is 0 Å². The summed E-state index contributed by atoms with van der Waals surface area (Å²) in [4.78, 5) is 11.8. The Labute approximate surface area is 125 Å². The summed E-state index contributed by atoms with van der Waals surface area (Å²) in [6.45, 7) is 0. The standard InChI is InChI=1S/C14H12N6O2/c15-8-11(13(16)17)20-19-10-4-1-3-9(7-10)18-14(21)12-5-2-6-22-12/h1-7,19H,(H3,16,17)(H,18,21)/b20-11+. The van der Waals surface area contributed by atoms with Crippen molar-refractivity contribution in [1.29, 1.82) is 10.7 Å². The molecule has 0 aliphatic heterocycles. The molecule has 0 saturated heterocycles. The molecular weight excluding hydrogens is 284 g/mol. The van der Waals surface area contributed by atoms with Crippen LogP contribution < -0.4 is 16.5 Å².